The van der Waals surface area contributed by atoms with Crippen LogP contribution in [-0.4, -0.2) is 15.3 Å². The first-order valence-corrected chi connectivity index (χ1v) is 2.65. The molecule has 52 valence electrons. The van der Waals surface area contributed by atoms with Crippen LogP contribution in [0.3, 0.4) is 0 Å². The third-order valence-electron chi connectivity index (χ3n) is 0.540. The van der Waals surface area contributed by atoms with Crippen molar-refractivity contribution in [3.8, 4) is 6.26 Å². The number of aliphatic hydroxyl groups excluding tert-OH is 1. The molecule has 4 nitrogen and oxygen atoms in total. The molecule has 1 heterocycles. The molecule has 0 amide bonds. The lowest BCUT2D eigenvalue weighted by molar-refractivity contribution is 0.503. The van der Waals surface area contributed by atoms with Gasteiger partial charge < -0.3 is 5.11 Å². The van der Waals surface area contributed by atoms with Gasteiger partial charge in [0.05, 0.1) is 0 Å². The van der Waals surface area contributed by atoms with E-state index in [4.69, 9.17) is 22.0 Å². The predicted molar refractivity (Wildman–Crippen MR) is 34.6 cm³/mol. The van der Waals surface area contributed by atoms with Crippen LogP contribution < -0.4 is 0 Å². The maximum atomic E-state index is 6.88. The van der Waals surface area contributed by atoms with Gasteiger partial charge in [0.25, 0.3) is 6.26 Å². The number of halogens is 1. The van der Waals surface area contributed by atoms with Crippen LogP contribution in [-0.2, 0) is 0 Å². The summed E-state index contributed by atoms with van der Waals surface area (Å²) in [6, 6.07) is 3.41. The number of hydrogen-bond donors (Lipinski definition) is 1. The van der Waals surface area contributed by atoms with Crippen LogP contribution in [0.25, 0.3) is 0 Å². The van der Waals surface area contributed by atoms with Gasteiger partial charge in [-0.1, -0.05) is 11.6 Å². The third kappa shape index (κ3) is 4.81. The van der Waals surface area contributed by atoms with Gasteiger partial charge >= 0.3 is 0 Å². The first-order valence-electron chi connectivity index (χ1n) is 2.27. The molecule has 1 N–H and O–H groups in total. The number of nitriles is 1. The highest BCUT2D eigenvalue weighted by molar-refractivity contribution is 6.29. The topological polar surface area (TPSA) is 69.8 Å². The maximum absolute atomic E-state index is 6.88. The zero-order chi connectivity index (χ0) is 7.82. The zero-order valence-corrected chi connectivity index (χ0v) is 5.65. The minimum atomic E-state index is 0.433. The molecule has 5 heteroatoms. The molecule has 0 bridgehead atoms. The van der Waals surface area contributed by atoms with Crippen molar-refractivity contribution in [1.29, 1.82) is 5.26 Å². The molecule has 1 rings (SSSR count). The standard InChI is InChI=1S/C4H3ClN2.CHNO/c5-4-2-1-3-6-7-4;2-1-3/h1-3H;3H. The SMILES string of the molecule is Clc1cccnn1.N#CO. The monoisotopic (exact) mass is 157 g/mol. The van der Waals surface area contributed by atoms with Crippen molar-refractivity contribution in [2.45, 2.75) is 0 Å². The van der Waals surface area contributed by atoms with E-state index in [1.165, 1.54) is 0 Å². The number of nitrogens with zero attached hydrogens (tertiary/aromatic N) is 3. The Morgan fingerprint density at radius 2 is 2.30 bits per heavy atom. The molecule has 0 saturated heterocycles. The van der Waals surface area contributed by atoms with Crippen LogP contribution >= 0.6 is 11.6 Å². The van der Waals surface area contributed by atoms with Gasteiger partial charge in [-0.05, 0) is 12.1 Å². The van der Waals surface area contributed by atoms with Crippen molar-refractivity contribution in [3.05, 3.63) is 23.5 Å². The van der Waals surface area contributed by atoms with E-state index in [9.17, 15) is 0 Å². The van der Waals surface area contributed by atoms with Crippen molar-refractivity contribution in [2.75, 3.05) is 0 Å². The number of aromatic nitrogens is 2. The average Bonchev–Trinajstić information content (AvgIpc) is 1.91. The Kier molecular flexibility index (Phi) is 5.01. The Morgan fingerprint density at radius 3 is 2.50 bits per heavy atom. The Labute approximate surface area is 62.7 Å². The van der Waals surface area contributed by atoms with Crippen molar-refractivity contribution in [2.24, 2.45) is 0 Å². The predicted octanol–water partition coefficient (Wildman–Crippen LogP) is 0.970. The van der Waals surface area contributed by atoms with Gasteiger partial charge in [-0.3, -0.25) is 0 Å². The molecule has 10 heavy (non-hydrogen) atoms. The molecule has 0 fully saturated rings. The second-order valence-electron chi connectivity index (χ2n) is 1.15. The summed E-state index contributed by atoms with van der Waals surface area (Å²) in [5.41, 5.74) is 0. The lowest BCUT2D eigenvalue weighted by atomic mass is 10.6. The van der Waals surface area contributed by atoms with Gasteiger partial charge in [-0.15, -0.1) is 5.10 Å². The molecule has 0 aliphatic rings. The summed E-state index contributed by atoms with van der Waals surface area (Å²) in [6.45, 7) is 0. The van der Waals surface area contributed by atoms with E-state index >= 15 is 0 Å². The van der Waals surface area contributed by atoms with Gasteiger partial charge in [0.1, 0.15) is 0 Å². The highest BCUT2D eigenvalue weighted by atomic mass is 35.5. The van der Waals surface area contributed by atoms with Crippen LogP contribution in [0.15, 0.2) is 18.3 Å². The lowest BCUT2D eigenvalue weighted by Crippen LogP contribution is -1.74. The number of aliphatic hydroxyl groups is 1. The lowest BCUT2D eigenvalue weighted by Gasteiger charge is -1.78. The Hall–Kier alpha value is -1.34. The van der Waals surface area contributed by atoms with E-state index < -0.39 is 0 Å². The Morgan fingerprint density at radius 1 is 1.70 bits per heavy atom. The fourth-order valence-electron chi connectivity index (χ4n) is 0.283. The first kappa shape index (κ1) is 8.66. The molecular formula is C5H4ClN3O. The van der Waals surface area contributed by atoms with E-state index in [1.54, 1.807) is 18.3 Å². The molecule has 0 aromatic carbocycles. The Balaban J connectivity index is 0.000000236. The summed E-state index contributed by atoms with van der Waals surface area (Å²) in [5, 5.41) is 21.2. The van der Waals surface area contributed by atoms with E-state index in [2.05, 4.69) is 10.2 Å². The summed E-state index contributed by atoms with van der Waals surface area (Å²) in [4.78, 5) is 0. The molecule has 1 aromatic heterocycles. The van der Waals surface area contributed by atoms with Crippen LogP contribution in [0.2, 0.25) is 5.15 Å². The van der Waals surface area contributed by atoms with E-state index in [1.807, 2.05) is 0 Å². The smallest absolute Gasteiger partial charge is 0.283 e. The zero-order valence-electron chi connectivity index (χ0n) is 4.90. The third-order valence-corrected chi connectivity index (χ3v) is 0.741. The molecule has 0 unspecified atom stereocenters. The molecule has 0 atom stereocenters. The average molecular weight is 158 g/mol. The number of hydrogen-bond acceptors (Lipinski definition) is 4. The molecule has 0 spiro atoms. The second kappa shape index (κ2) is 5.79. The van der Waals surface area contributed by atoms with E-state index in [-0.39, 0.29) is 0 Å². The highest BCUT2D eigenvalue weighted by Crippen LogP contribution is 1.96. The van der Waals surface area contributed by atoms with Crippen LogP contribution in [0.5, 0.6) is 0 Å². The summed E-state index contributed by atoms with van der Waals surface area (Å²) >= 11 is 5.37. The van der Waals surface area contributed by atoms with E-state index in [0.717, 1.165) is 6.26 Å². The molecular weight excluding hydrogens is 154 g/mol. The summed E-state index contributed by atoms with van der Waals surface area (Å²) in [7, 11) is 0. The van der Waals surface area contributed by atoms with Gasteiger partial charge in [-0.25, -0.2) is 0 Å². The van der Waals surface area contributed by atoms with Crippen molar-refractivity contribution in [3.63, 3.8) is 0 Å². The number of rotatable bonds is 0. The van der Waals surface area contributed by atoms with Crippen LogP contribution in [0.4, 0.5) is 0 Å². The summed E-state index contributed by atoms with van der Waals surface area (Å²) in [5.74, 6) is 0. The normalized spacial score (nSPS) is 6.80. The molecule has 0 aliphatic carbocycles. The first-order chi connectivity index (χ1) is 4.81. The van der Waals surface area contributed by atoms with Crippen molar-refractivity contribution in [1.82, 2.24) is 10.2 Å². The molecule has 0 aliphatic heterocycles. The van der Waals surface area contributed by atoms with Gasteiger partial charge in [0.2, 0.25) is 0 Å². The quantitative estimate of drug-likeness (QED) is 0.570. The maximum Gasteiger partial charge on any atom is 0.283 e. The minimum Gasteiger partial charge on any atom is -0.443 e. The van der Waals surface area contributed by atoms with Crippen molar-refractivity contribution >= 4 is 11.6 Å². The highest BCUT2D eigenvalue weighted by Gasteiger charge is 1.78. The molecule has 0 radical (unpaired) electrons. The fourth-order valence-corrected chi connectivity index (χ4v) is 0.399. The van der Waals surface area contributed by atoms with E-state index in [0.29, 0.717) is 5.15 Å². The largest absolute Gasteiger partial charge is 0.443 e. The summed E-state index contributed by atoms with van der Waals surface area (Å²) < 4.78 is 0. The van der Waals surface area contributed by atoms with Gasteiger partial charge in [0, 0.05) is 6.20 Å². The molecule has 1 aromatic rings. The summed E-state index contributed by atoms with van der Waals surface area (Å²) in [6.07, 6.45) is 2.33. The Bertz CT molecular complexity index is 208. The minimum absolute atomic E-state index is 0.433. The molecule has 0 saturated carbocycles. The van der Waals surface area contributed by atoms with Crippen molar-refractivity contribution < 1.29 is 5.11 Å². The van der Waals surface area contributed by atoms with Gasteiger partial charge in [-0.2, -0.15) is 10.4 Å². The second-order valence-corrected chi connectivity index (χ2v) is 1.53. The van der Waals surface area contributed by atoms with Gasteiger partial charge in [0.15, 0.2) is 5.15 Å². The van der Waals surface area contributed by atoms with Crippen LogP contribution in [0, 0.1) is 11.5 Å². The van der Waals surface area contributed by atoms with Crippen LogP contribution in [0.1, 0.15) is 0 Å². The fraction of sp³-hybridized carbons (Fsp3) is 0.